The van der Waals surface area contributed by atoms with Gasteiger partial charge < -0.3 is 39.0 Å². The Morgan fingerprint density at radius 1 is 0.784 bits per heavy atom. The highest BCUT2D eigenvalue weighted by Crippen LogP contribution is 2.44. The third kappa shape index (κ3) is 10.5. The fourth-order valence-electron chi connectivity index (χ4n) is 11.6. The molecule has 14 heteroatoms. The summed E-state index contributed by atoms with van der Waals surface area (Å²) in [7, 11) is 3.77. The number of ether oxygens (including phenoxy) is 1. The number of carbonyl (C=O) groups is 3. The molecule has 4 aromatic carbocycles. The second kappa shape index (κ2) is 21.7. The molecule has 2 saturated heterocycles. The molecule has 6 heterocycles. The van der Waals surface area contributed by atoms with Gasteiger partial charge in [-0.15, -0.1) is 0 Å². The van der Waals surface area contributed by atoms with Gasteiger partial charge >= 0.3 is 0 Å². The van der Waals surface area contributed by atoms with Crippen molar-refractivity contribution in [3.8, 4) is 40.0 Å². The number of halogens is 1. The number of benzene rings is 4. The van der Waals surface area contributed by atoms with E-state index in [1.165, 1.54) is 24.1 Å². The van der Waals surface area contributed by atoms with Gasteiger partial charge in [0.2, 0.25) is 5.91 Å². The van der Waals surface area contributed by atoms with E-state index in [1.54, 1.807) is 12.1 Å². The number of carbonyl (C=O) groups excluding carboxylic acids is 3. The number of anilines is 1. The van der Waals surface area contributed by atoms with E-state index in [4.69, 9.17) is 4.74 Å². The van der Waals surface area contributed by atoms with E-state index < -0.39 is 6.17 Å². The topological polar surface area (TPSA) is 139 Å². The Hall–Kier alpha value is -7.21. The molecule has 13 nitrogen and oxygen atoms in total. The lowest BCUT2D eigenvalue weighted by molar-refractivity contribution is -0.131. The Bertz CT molecular complexity index is 3100. The number of phenols is 1. The van der Waals surface area contributed by atoms with Crippen LogP contribution in [0, 0.1) is 25.2 Å². The van der Waals surface area contributed by atoms with Gasteiger partial charge in [0.05, 0.1) is 17.7 Å². The van der Waals surface area contributed by atoms with Crippen molar-refractivity contribution in [1.29, 1.82) is 5.26 Å². The van der Waals surface area contributed by atoms with Crippen molar-refractivity contribution in [2.75, 3.05) is 57.7 Å². The Morgan fingerprint density at radius 3 is 2.23 bits per heavy atom. The summed E-state index contributed by atoms with van der Waals surface area (Å²) in [5, 5.41) is 23.4. The zero-order valence-electron chi connectivity index (χ0n) is 43.1. The highest BCUT2D eigenvalue weighted by Gasteiger charge is 2.37. The first kappa shape index (κ1) is 50.3. The number of hydrogen-bond acceptors (Lipinski definition) is 8. The summed E-state index contributed by atoms with van der Waals surface area (Å²) in [6.07, 6.45) is 5.41. The van der Waals surface area contributed by atoms with Gasteiger partial charge in [0, 0.05) is 105 Å². The lowest BCUT2D eigenvalue weighted by atomic mass is 9.87. The fourth-order valence-corrected chi connectivity index (χ4v) is 11.6. The molecule has 4 aliphatic rings. The second-order valence-electron chi connectivity index (χ2n) is 20.8. The molecule has 3 amide bonds. The average Bonchev–Trinajstić information content (AvgIpc) is 3.88. The lowest BCUT2D eigenvalue weighted by Gasteiger charge is -2.41. The van der Waals surface area contributed by atoms with Crippen molar-refractivity contribution in [2.45, 2.75) is 90.5 Å². The minimum Gasteiger partial charge on any atom is -0.508 e. The third-order valence-corrected chi connectivity index (χ3v) is 16.2. The molecule has 2 fully saturated rings. The van der Waals surface area contributed by atoms with Gasteiger partial charge in [-0.25, -0.2) is 4.39 Å². The Labute approximate surface area is 433 Å². The van der Waals surface area contributed by atoms with Gasteiger partial charge in [-0.3, -0.25) is 19.3 Å². The minimum atomic E-state index is -0.707. The number of nitrogens with zero attached hydrogens (tertiary/aromatic N) is 7. The van der Waals surface area contributed by atoms with Crippen molar-refractivity contribution in [1.82, 2.24) is 28.7 Å². The summed E-state index contributed by atoms with van der Waals surface area (Å²) in [5.41, 5.74) is 11.1. The first-order chi connectivity index (χ1) is 35.8. The average molecular weight is 999 g/mol. The van der Waals surface area contributed by atoms with Crippen molar-refractivity contribution < 1.29 is 28.6 Å². The molecule has 10 rings (SSSR count). The molecule has 0 unspecified atom stereocenters. The van der Waals surface area contributed by atoms with E-state index in [-0.39, 0.29) is 35.9 Å². The lowest BCUT2D eigenvalue weighted by Crippen LogP contribution is -2.51. The monoisotopic (exact) mass is 999 g/mol. The van der Waals surface area contributed by atoms with Crippen LogP contribution in [0.4, 0.5) is 10.1 Å². The van der Waals surface area contributed by atoms with Crippen LogP contribution in [0.15, 0.2) is 91.0 Å². The predicted molar refractivity (Wildman–Crippen MR) is 285 cm³/mol. The molecule has 6 aromatic rings. The second-order valence-corrected chi connectivity index (χ2v) is 20.8. The maximum Gasteiger partial charge on any atom is 0.258 e. The number of phenolic OH excluding ortho intramolecular Hbond substituents is 1. The zero-order valence-corrected chi connectivity index (χ0v) is 43.1. The molecule has 74 heavy (non-hydrogen) atoms. The van der Waals surface area contributed by atoms with E-state index in [0.29, 0.717) is 96.1 Å². The van der Waals surface area contributed by atoms with Gasteiger partial charge in [0.25, 0.3) is 11.8 Å². The molecule has 4 aliphatic heterocycles. The largest absolute Gasteiger partial charge is 0.508 e. The Morgan fingerprint density at radius 2 is 1.51 bits per heavy atom. The summed E-state index contributed by atoms with van der Waals surface area (Å²) < 4.78 is 23.5. The van der Waals surface area contributed by atoms with Crippen LogP contribution in [0.1, 0.15) is 97.7 Å². The maximum atomic E-state index is 16.1. The van der Waals surface area contributed by atoms with Crippen LogP contribution in [-0.4, -0.2) is 116 Å². The molecular formula is C60H67FN8O5. The summed E-state index contributed by atoms with van der Waals surface area (Å²) in [6, 6.07) is 30.6. The zero-order chi connectivity index (χ0) is 51.6. The van der Waals surface area contributed by atoms with Crippen molar-refractivity contribution >= 4 is 23.4 Å². The van der Waals surface area contributed by atoms with Gasteiger partial charge in [-0.2, -0.15) is 5.26 Å². The Balaban J connectivity index is 1.02. The number of likely N-dealkylation sites (tertiary alicyclic amines) is 2. The van der Waals surface area contributed by atoms with E-state index in [1.807, 2.05) is 84.4 Å². The summed E-state index contributed by atoms with van der Waals surface area (Å²) in [4.78, 5) is 53.8. The molecule has 384 valence electrons. The molecule has 1 atom stereocenters. The smallest absolute Gasteiger partial charge is 0.258 e. The van der Waals surface area contributed by atoms with Crippen LogP contribution in [0.5, 0.6) is 11.5 Å². The standard InChI is InChI=1S/C60H67FN8O5/c1-39-52(34-48(35-62)64(39)3)57-56(59(72)63-47-14-16-50(70)17-15-47)40(2)65(4)58(57)53-32-43-20-27-68(55(71)30-41-12-18-51(19-13-41)74-29-28-66-25-21-46(61)22-26-66)36-45(43)33-54(53)60(73)69-37-44-11-7-6-10-42(44)31-49(69)38-67-23-8-5-9-24-67/h6-7,10-19,32-34,46,49,70H,5,8-9,20-31,36-38H2,1-4H3,(H,63,72)/t49-/m0/s1. The number of rotatable bonds is 13. The molecule has 0 bridgehead atoms. The predicted octanol–water partition coefficient (Wildman–Crippen LogP) is 9.14. The number of nitriles is 1. The SMILES string of the molecule is Cc1c(-c2c(C(=O)Nc3ccc(O)cc3)c(C)n(C)c2-c2cc3c(cc2C(=O)N2Cc4ccccc4C[C@H]2CN2CCCCC2)CN(C(=O)Cc2ccc(OCCN4CCC(F)CC4)cc2)CC3)cc(C#N)n1C. The molecule has 2 N–H and O–H groups in total. The number of alkyl halides is 1. The maximum absolute atomic E-state index is 16.1. The number of hydrogen-bond donors (Lipinski definition) is 2. The number of nitrogens with one attached hydrogen (secondary N) is 1. The normalized spacial score (nSPS) is 17.4. The molecule has 0 spiro atoms. The third-order valence-electron chi connectivity index (χ3n) is 16.2. The minimum absolute atomic E-state index is 0.00996. The van der Waals surface area contributed by atoms with Crippen LogP contribution in [0.2, 0.25) is 0 Å². The van der Waals surface area contributed by atoms with Crippen molar-refractivity contribution in [3.63, 3.8) is 0 Å². The van der Waals surface area contributed by atoms with Gasteiger partial charge in [0.15, 0.2) is 0 Å². The van der Waals surface area contributed by atoms with Gasteiger partial charge in [-0.1, -0.05) is 42.8 Å². The first-order valence-corrected chi connectivity index (χ1v) is 26.3. The van der Waals surface area contributed by atoms with E-state index in [2.05, 4.69) is 50.4 Å². The molecule has 0 aliphatic carbocycles. The van der Waals surface area contributed by atoms with Crippen LogP contribution < -0.4 is 10.1 Å². The number of piperidine rings is 2. The van der Waals surface area contributed by atoms with Gasteiger partial charge in [-0.05, 0) is 148 Å². The van der Waals surface area contributed by atoms with Crippen LogP contribution in [0.25, 0.3) is 22.4 Å². The quantitative estimate of drug-likeness (QED) is 0.109. The number of fused-ring (bicyclic) bond motifs is 2. The summed E-state index contributed by atoms with van der Waals surface area (Å²) in [5.74, 6) is 0.316. The Kier molecular flexibility index (Phi) is 14.8. The van der Waals surface area contributed by atoms with Crippen molar-refractivity contribution in [3.05, 3.63) is 147 Å². The number of aromatic hydroxyl groups is 1. The van der Waals surface area contributed by atoms with Crippen LogP contribution in [0.3, 0.4) is 0 Å². The highest BCUT2D eigenvalue weighted by atomic mass is 19.1. The number of amides is 3. The summed E-state index contributed by atoms with van der Waals surface area (Å²) >= 11 is 0. The van der Waals surface area contributed by atoms with E-state index >= 15 is 4.79 Å². The van der Waals surface area contributed by atoms with Crippen LogP contribution >= 0.6 is 0 Å². The van der Waals surface area contributed by atoms with Crippen LogP contribution in [-0.2, 0) is 51.2 Å². The van der Waals surface area contributed by atoms with Crippen molar-refractivity contribution in [2.24, 2.45) is 14.1 Å². The fraction of sp³-hybridized carbons (Fsp3) is 0.400. The highest BCUT2D eigenvalue weighted by molar-refractivity contribution is 6.14. The molecule has 2 aromatic heterocycles. The molecule has 0 saturated carbocycles. The van der Waals surface area contributed by atoms with E-state index in [9.17, 15) is 24.3 Å². The molecule has 0 radical (unpaired) electrons. The summed E-state index contributed by atoms with van der Waals surface area (Å²) in [6.45, 7) is 10.6. The molecular weight excluding hydrogens is 932 g/mol. The van der Waals surface area contributed by atoms with E-state index in [0.717, 1.165) is 92.2 Å². The first-order valence-electron chi connectivity index (χ1n) is 26.3. The van der Waals surface area contributed by atoms with Gasteiger partial charge in [0.1, 0.15) is 36.0 Å². The number of aromatic nitrogens is 2.